The van der Waals surface area contributed by atoms with Crippen molar-refractivity contribution in [3.8, 4) is 11.8 Å². The fourth-order valence-electron chi connectivity index (χ4n) is 1.40. The first kappa shape index (κ1) is 10.9. The lowest BCUT2D eigenvalue weighted by atomic mass is 10.1. The van der Waals surface area contributed by atoms with E-state index in [2.05, 4.69) is 6.07 Å². The fraction of sp³-hybridized carbons (Fsp3) is 0.364. The van der Waals surface area contributed by atoms with Crippen molar-refractivity contribution in [2.75, 3.05) is 7.11 Å². The van der Waals surface area contributed by atoms with Gasteiger partial charge in [-0.1, -0.05) is 24.6 Å². The molecule has 0 heterocycles. The Kier molecular flexibility index (Phi) is 3.79. The van der Waals surface area contributed by atoms with Crippen molar-refractivity contribution in [3.05, 3.63) is 28.3 Å². The zero-order valence-electron chi connectivity index (χ0n) is 8.30. The van der Waals surface area contributed by atoms with Gasteiger partial charge in [0, 0.05) is 0 Å². The summed E-state index contributed by atoms with van der Waals surface area (Å²) in [6.45, 7) is 2.03. The minimum atomic E-state index is 0.386. The van der Waals surface area contributed by atoms with Gasteiger partial charge in [-0.05, 0) is 23.6 Å². The van der Waals surface area contributed by atoms with Gasteiger partial charge in [-0.25, -0.2) is 0 Å². The number of hydrogen-bond donors (Lipinski definition) is 0. The Morgan fingerprint density at radius 3 is 2.71 bits per heavy atom. The molecular formula is C11H12ClNO. The van der Waals surface area contributed by atoms with Gasteiger partial charge in [-0.2, -0.15) is 5.26 Å². The van der Waals surface area contributed by atoms with E-state index in [-0.39, 0.29) is 0 Å². The first-order chi connectivity index (χ1) is 6.72. The largest absolute Gasteiger partial charge is 0.495 e. The average molecular weight is 210 g/mol. The van der Waals surface area contributed by atoms with Crippen LogP contribution in [-0.2, 0) is 12.8 Å². The van der Waals surface area contributed by atoms with E-state index in [0.29, 0.717) is 11.4 Å². The summed E-state index contributed by atoms with van der Waals surface area (Å²) in [6, 6.07) is 5.85. The summed E-state index contributed by atoms with van der Waals surface area (Å²) in [5, 5.41) is 9.16. The summed E-state index contributed by atoms with van der Waals surface area (Å²) in [7, 11) is 1.60. The number of rotatable bonds is 3. The van der Waals surface area contributed by atoms with Gasteiger partial charge in [0.15, 0.2) is 0 Å². The molecule has 3 heteroatoms. The molecule has 0 aliphatic rings. The number of hydrogen-bond acceptors (Lipinski definition) is 2. The van der Waals surface area contributed by atoms with Crippen LogP contribution in [0, 0.1) is 11.3 Å². The summed E-state index contributed by atoms with van der Waals surface area (Å²) >= 11 is 6.01. The third-order valence-corrected chi connectivity index (χ3v) is 2.33. The normalized spacial score (nSPS) is 9.57. The van der Waals surface area contributed by atoms with Crippen LogP contribution in [0.15, 0.2) is 12.1 Å². The smallest absolute Gasteiger partial charge is 0.140 e. The van der Waals surface area contributed by atoms with Crippen molar-refractivity contribution in [1.82, 2.24) is 0 Å². The van der Waals surface area contributed by atoms with Crippen molar-refractivity contribution >= 4 is 11.6 Å². The van der Waals surface area contributed by atoms with Crippen molar-refractivity contribution in [1.29, 1.82) is 5.26 Å². The van der Waals surface area contributed by atoms with Crippen LogP contribution < -0.4 is 4.74 Å². The first-order valence-corrected chi connectivity index (χ1v) is 4.83. The molecule has 0 aromatic heterocycles. The molecule has 0 atom stereocenters. The number of nitrogens with zero attached hydrogens (tertiary/aromatic N) is 1. The van der Waals surface area contributed by atoms with E-state index in [9.17, 15) is 0 Å². The average Bonchev–Trinajstić information content (AvgIpc) is 2.17. The molecule has 0 aliphatic heterocycles. The van der Waals surface area contributed by atoms with Crippen molar-refractivity contribution < 1.29 is 4.74 Å². The Morgan fingerprint density at radius 1 is 1.50 bits per heavy atom. The molecule has 1 aromatic rings. The van der Waals surface area contributed by atoms with Crippen LogP contribution in [-0.4, -0.2) is 7.11 Å². The molecule has 74 valence electrons. The Balaban J connectivity index is 3.18. The van der Waals surface area contributed by atoms with Crippen LogP contribution in [0.25, 0.3) is 0 Å². The first-order valence-electron chi connectivity index (χ1n) is 4.45. The lowest BCUT2D eigenvalue weighted by Gasteiger charge is -2.10. The highest BCUT2D eigenvalue weighted by molar-refractivity contribution is 6.32. The Bertz CT molecular complexity index is 368. The van der Waals surface area contributed by atoms with Crippen LogP contribution in [0.4, 0.5) is 0 Å². The van der Waals surface area contributed by atoms with Gasteiger partial charge in [-0.15, -0.1) is 0 Å². The van der Waals surface area contributed by atoms with E-state index in [1.165, 1.54) is 0 Å². The molecule has 0 fully saturated rings. The second-order valence-electron chi connectivity index (χ2n) is 2.96. The highest BCUT2D eigenvalue weighted by Gasteiger charge is 2.08. The Hall–Kier alpha value is -1.20. The molecule has 0 spiro atoms. The topological polar surface area (TPSA) is 33.0 Å². The van der Waals surface area contributed by atoms with Crippen molar-refractivity contribution in [3.63, 3.8) is 0 Å². The highest BCUT2D eigenvalue weighted by atomic mass is 35.5. The maximum absolute atomic E-state index is 8.58. The number of ether oxygens (including phenoxy) is 1. The summed E-state index contributed by atoms with van der Waals surface area (Å²) in [4.78, 5) is 0. The number of methoxy groups -OCH3 is 1. The third-order valence-electron chi connectivity index (χ3n) is 2.05. The van der Waals surface area contributed by atoms with Gasteiger partial charge in [-0.3, -0.25) is 0 Å². The van der Waals surface area contributed by atoms with Crippen LogP contribution >= 0.6 is 11.6 Å². The van der Waals surface area contributed by atoms with Gasteiger partial charge in [0.2, 0.25) is 0 Å². The predicted molar refractivity (Wildman–Crippen MR) is 56.7 cm³/mol. The summed E-state index contributed by atoms with van der Waals surface area (Å²) < 4.78 is 5.19. The van der Waals surface area contributed by atoms with E-state index in [0.717, 1.165) is 23.3 Å². The lowest BCUT2D eigenvalue weighted by Crippen LogP contribution is -1.94. The zero-order chi connectivity index (χ0) is 10.6. The van der Waals surface area contributed by atoms with Crippen LogP contribution in [0.5, 0.6) is 5.75 Å². The van der Waals surface area contributed by atoms with Gasteiger partial charge in [0.1, 0.15) is 5.75 Å². The molecule has 1 aromatic carbocycles. The van der Waals surface area contributed by atoms with Gasteiger partial charge in [0.05, 0.1) is 24.6 Å². The number of benzene rings is 1. The second-order valence-corrected chi connectivity index (χ2v) is 3.37. The molecule has 0 N–H and O–H groups in total. The molecule has 0 saturated heterocycles. The van der Waals surface area contributed by atoms with Crippen molar-refractivity contribution in [2.45, 2.75) is 19.8 Å². The van der Waals surface area contributed by atoms with E-state index >= 15 is 0 Å². The zero-order valence-corrected chi connectivity index (χ0v) is 9.06. The lowest BCUT2D eigenvalue weighted by molar-refractivity contribution is 0.410. The summed E-state index contributed by atoms with van der Waals surface area (Å²) in [6.07, 6.45) is 1.23. The molecular weight excluding hydrogens is 198 g/mol. The molecule has 0 saturated carbocycles. The van der Waals surface area contributed by atoms with E-state index in [1.807, 2.05) is 13.0 Å². The number of halogens is 1. The van der Waals surface area contributed by atoms with Gasteiger partial charge >= 0.3 is 0 Å². The molecule has 0 unspecified atom stereocenters. The SMILES string of the molecule is CCc1cc(CC#N)cc(Cl)c1OC. The molecule has 0 bridgehead atoms. The summed E-state index contributed by atoms with van der Waals surface area (Å²) in [5.74, 6) is 0.718. The Labute approximate surface area is 89.1 Å². The maximum Gasteiger partial charge on any atom is 0.140 e. The third kappa shape index (κ3) is 2.18. The van der Waals surface area contributed by atoms with Crippen LogP contribution in [0.1, 0.15) is 18.1 Å². The standard InChI is InChI=1S/C11H12ClNO/c1-3-9-6-8(4-5-13)7-10(12)11(9)14-2/h6-7H,3-4H2,1-2H3. The molecule has 0 amide bonds. The van der Waals surface area contributed by atoms with E-state index in [1.54, 1.807) is 13.2 Å². The minimum Gasteiger partial charge on any atom is -0.495 e. The molecule has 0 aliphatic carbocycles. The Morgan fingerprint density at radius 2 is 2.21 bits per heavy atom. The fourth-order valence-corrected chi connectivity index (χ4v) is 1.74. The van der Waals surface area contributed by atoms with Gasteiger partial charge < -0.3 is 4.74 Å². The minimum absolute atomic E-state index is 0.386. The van der Waals surface area contributed by atoms with E-state index < -0.39 is 0 Å². The summed E-state index contributed by atoms with van der Waals surface area (Å²) in [5.41, 5.74) is 1.99. The number of aryl methyl sites for hydroxylation is 1. The quantitative estimate of drug-likeness (QED) is 0.767. The highest BCUT2D eigenvalue weighted by Crippen LogP contribution is 2.30. The van der Waals surface area contributed by atoms with Gasteiger partial charge in [0.25, 0.3) is 0 Å². The predicted octanol–water partition coefficient (Wildman–Crippen LogP) is 2.98. The molecule has 1 rings (SSSR count). The van der Waals surface area contributed by atoms with Crippen molar-refractivity contribution in [2.24, 2.45) is 0 Å². The molecule has 14 heavy (non-hydrogen) atoms. The molecule has 0 radical (unpaired) electrons. The number of nitriles is 1. The van der Waals surface area contributed by atoms with Crippen LogP contribution in [0.2, 0.25) is 5.02 Å². The molecule has 2 nitrogen and oxygen atoms in total. The monoisotopic (exact) mass is 209 g/mol. The maximum atomic E-state index is 8.58. The van der Waals surface area contributed by atoms with Crippen LogP contribution in [0.3, 0.4) is 0 Å². The van der Waals surface area contributed by atoms with E-state index in [4.69, 9.17) is 21.6 Å². The second kappa shape index (κ2) is 4.88.